The molecule has 0 bridgehead atoms. The van der Waals surface area contributed by atoms with Gasteiger partial charge in [0.05, 0.1) is 0 Å². The summed E-state index contributed by atoms with van der Waals surface area (Å²) in [6.45, 7) is 1.17. The van der Waals surface area contributed by atoms with Gasteiger partial charge < -0.3 is 15.2 Å². The van der Waals surface area contributed by atoms with E-state index < -0.39 is 6.36 Å². The third kappa shape index (κ3) is 4.38. The van der Waals surface area contributed by atoms with Gasteiger partial charge in [-0.2, -0.15) is 0 Å². The summed E-state index contributed by atoms with van der Waals surface area (Å²) in [5.74, 6) is -0.167. The van der Waals surface area contributed by atoms with Crippen LogP contribution in [-0.2, 0) is 6.54 Å². The summed E-state index contributed by atoms with van der Waals surface area (Å²) in [4.78, 5) is 0. The van der Waals surface area contributed by atoms with Crippen molar-refractivity contribution in [1.82, 2.24) is 5.32 Å². The average Bonchev–Trinajstić information content (AvgIpc) is 3.10. The summed E-state index contributed by atoms with van der Waals surface area (Å²) in [7, 11) is 0. The number of ether oxygens (including phenoxy) is 1. The summed E-state index contributed by atoms with van der Waals surface area (Å²) >= 11 is 0. The van der Waals surface area contributed by atoms with Crippen LogP contribution in [0.2, 0.25) is 0 Å². The monoisotopic (exact) mass is 289 g/mol. The minimum Gasteiger partial charge on any atom is -0.405 e. The van der Waals surface area contributed by atoms with Gasteiger partial charge in [-0.15, -0.1) is 13.2 Å². The highest BCUT2D eigenvalue weighted by molar-refractivity contribution is 5.33. The molecule has 0 radical (unpaired) electrons. The normalized spacial score (nSPS) is 17.0. The van der Waals surface area contributed by atoms with E-state index in [2.05, 4.69) is 10.1 Å². The molecule has 1 aromatic rings. The quantitative estimate of drug-likeness (QED) is 0.811. The van der Waals surface area contributed by atoms with Gasteiger partial charge in [-0.3, -0.25) is 0 Å². The molecule has 0 aliphatic heterocycles. The van der Waals surface area contributed by atoms with Crippen molar-refractivity contribution >= 4 is 0 Å². The maximum atomic E-state index is 12.3. The predicted octanol–water partition coefficient (Wildman–Crippen LogP) is 2.84. The molecule has 0 atom stereocenters. The first-order valence-corrected chi connectivity index (χ1v) is 6.59. The van der Waals surface area contributed by atoms with Crippen LogP contribution in [-0.4, -0.2) is 24.6 Å². The Labute approximate surface area is 115 Å². The first kappa shape index (κ1) is 15.1. The van der Waals surface area contributed by atoms with Gasteiger partial charge in [0.2, 0.25) is 0 Å². The van der Waals surface area contributed by atoms with Crippen molar-refractivity contribution in [1.29, 1.82) is 0 Å². The highest BCUT2D eigenvalue weighted by Gasteiger charge is 2.41. The molecule has 1 aliphatic rings. The summed E-state index contributed by atoms with van der Waals surface area (Å²) < 4.78 is 40.8. The topological polar surface area (TPSA) is 41.5 Å². The number of rotatable bonds is 7. The Morgan fingerprint density at radius 1 is 1.25 bits per heavy atom. The molecular formula is C14H18F3NO2. The Bertz CT molecular complexity index is 444. The SMILES string of the molecule is OCCC1(CNCc2ccccc2OC(F)(F)F)CC1. The lowest BCUT2D eigenvalue weighted by Crippen LogP contribution is -2.25. The van der Waals surface area contributed by atoms with Gasteiger partial charge >= 0.3 is 6.36 Å². The summed E-state index contributed by atoms with van der Waals surface area (Å²) in [5.41, 5.74) is 0.610. The number of hydrogen-bond acceptors (Lipinski definition) is 3. The molecule has 3 nitrogen and oxygen atoms in total. The van der Waals surface area contributed by atoms with Crippen LogP contribution in [0.4, 0.5) is 13.2 Å². The van der Waals surface area contributed by atoms with Crippen molar-refractivity contribution in [2.24, 2.45) is 5.41 Å². The van der Waals surface area contributed by atoms with E-state index >= 15 is 0 Å². The maximum Gasteiger partial charge on any atom is 0.573 e. The van der Waals surface area contributed by atoms with E-state index in [1.165, 1.54) is 12.1 Å². The lowest BCUT2D eigenvalue weighted by Gasteiger charge is -2.16. The molecule has 0 unspecified atom stereocenters. The Morgan fingerprint density at radius 2 is 1.95 bits per heavy atom. The summed E-state index contributed by atoms with van der Waals surface area (Å²) in [5, 5.41) is 12.1. The Kier molecular flexibility index (Phi) is 4.55. The average molecular weight is 289 g/mol. The van der Waals surface area contributed by atoms with Crippen LogP contribution < -0.4 is 10.1 Å². The first-order chi connectivity index (χ1) is 9.44. The van der Waals surface area contributed by atoms with E-state index in [4.69, 9.17) is 5.11 Å². The molecule has 0 aromatic heterocycles. The number of hydrogen-bond donors (Lipinski definition) is 2. The van der Waals surface area contributed by atoms with E-state index in [0.29, 0.717) is 18.7 Å². The summed E-state index contributed by atoms with van der Waals surface area (Å²) in [6.07, 6.45) is -1.83. The Balaban J connectivity index is 1.89. The molecular weight excluding hydrogens is 271 g/mol. The number of halogens is 3. The van der Waals surface area contributed by atoms with Gasteiger partial charge in [0.25, 0.3) is 0 Å². The van der Waals surface area contributed by atoms with Crippen molar-refractivity contribution in [2.45, 2.75) is 32.2 Å². The number of aliphatic hydroxyl groups is 1. The second-order valence-corrected chi connectivity index (χ2v) is 5.23. The highest BCUT2D eigenvalue weighted by atomic mass is 19.4. The maximum absolute atomic E-state index is 12.3. The largest absolute Gasteiger partial charge is 0.573 e. The molecule has 2 rings (SSSR count). The number of benzene rings is 1. The van der Waals surface area contributed by atoms with Crippen LogP contribution in [0, 0.1) is 5.41 Å². The van der Waals surface area contributed by atoms with Crippen molar-refractivity contribution in [3.8, 4) is 5.75 Å². The molecule has 0 heterocycles. The smallest absolute Gasteiger partial charge is 0.405 e. The second-order valence-electron chi connectivity index (χ2n) is 5.23. The van der Waals surface area contributed by atoms with Gasteiger partial charge in [-0.25, -0.2) is 0 Å². The number of nitrogens with one attached hydrogen (secondary N) is 1. The molecule has 0 amide bonds. The van der Waals surface area contributed by atoms with Gasteiger partial charge in [0.15, 0.2) is 0 Å². The molecule has 112 valence electrons. The van der Waals surface area contributed by atoms with Gasteiger partial charge in [0, 0.05) is 25.3 Å². The lowest BCUT2D eigenvalue weighted by molar-refractivity contribution is -0.274. The van der Waals surface area contributed by atoms with Crippen LogP contribution >= 0.6 is 0 Å². The van der Waals surface area contributed by atoms with Crippen LogP contribution in [0.1, 0.15) is 24.8 Å². The molecule has 2 N–H and O–H groups in total. The molecule has 1 aliphatic carbocycles. The Hall–Kier alpha value is -1.27. The van der Waals surface area contributed by atoms with Gasteiger partial charge in [-0.05, 0) is 30.7 Å². The molecule has 20 heavy (non-hydrogen) atoms. The third-order valence-electron chi connectivity index (χ3n) is 3.61. The molecule has 1 aromatic carbocycles. The fourth-order valence-electron chi connectivity index (χ4n) is 2.27. The standard InChI is InChI=1S/C14H18F3NO2/c15-14(16,17)20-12-4-2-1-3-11(12)9-18-10-13(5-6-13)7-8-19/h1-4,18-19H,5-10H2. The zero-order chi connectivity index (χ0) is 14.6. The zero-order valence-corrected chi connectivity index (χ0v) is 11.0. The Morgan fingerprint density at radius 3 is 2.55 bits per heavy atom. The van der Waals surface area contributed by atoms with Crippen LogP contribution in [0.25, 0.3) is 0 Å². The second kappa shape index (κ2) is 6.01. The minimum absolute atomic E-state index is 0.134. The van der Waals surface area contributed by atoms with Crippen LogP contribution in [0.3, 0.4) is 0 Å². The van der Waals surface area contributed by atoms with Crippen LogP contribution in [0.15, 0.2) is 24.3 Å². The van der Waals surface area contributed by atoms with E-state index in [9.17, 15) is 13.2 Å². The molecule has 1 fully saturated rings. The van der Waals surface area contributed by atoms with Crippen molar-refractivity contribution in [3.63, 3.8) is 0 Å². The van der Waals surface area contributed by atoms with E-state index in [-0.39, 0.29) is 17.8 Å². The van der Waals surface area contributed by atoms with Crippen molar-refractivity contribution in [2.75, 3.05) is 13.2 Å². The van der Waals surface area contributed by atoms with Gasteiger partial charge in [0.1, 0.15) is 5.75 Å². The summed E-state index contributed by atoms with van der Waals surface area (Å²) in [6, 6.07) is 6.12. The minimum atomic E-state index is -4.68. The predicted molar refractivity (Wildman–Crippen MR) is 68.2 cm³/mol. The van der Waals surface area contributed by atoms with Crippen molar-refractivity contribution in [3.05, 3.63) is 29.8 Å². The fourth-order valence-corrected chi connectivity index (χ4v) is 2.27. The highest BCUT2D eigenvalue weighted by Crippen LogP contribution is 2.47. The molecule has 1 saturated carbocycles. The molecule has 0 spiro atoms. The van der Waals surface area contributed by atoms with Gasteiger partial charge in [-0.1, -0.05) is 18.2 Å². The van der Waals surface area contributed by atoms with E-state index in [1.54, 1.807) is 12.1 Å². The molecule has 0 saturated heterocycles. The number of para-hydroxylation sites is 1. The number of alkyl halides is 3. The zero-order valence-electron chi connectivity index (χ0n) is 11.0. The first-order valence-electron chi connectivity index (χ1n) is 6.59. The van der Waals surface area contributed by atoms with Crippen molar-refractivity contribution < 1.29 is 23.0 Å². The van der Waals surface area contributed by atoms with E-state index in [0.717, 1.165) is 19.3 Å². The molecule has 6 heteroatoms. The van der Waals surface area contributed by atoms with Crippen LogP contribution in [0.5, 0.6) is 5.75 Å². The van der Waals surface area contributed by atoms with E-state index in [1.807, 2.05) is 0 Å². The lowest BCUT2D eigenvalue weighted by atomic mass is 10.0. The fraction of sp³-hybridized carbons (Fsp3) is 0.571. The number of aliphatic hydroxyl groups excluding tert-OH is 1. The third-order valence-corrected chi connectivity index (χ3v) is 3.61.